The molecule has 1 N–H and O–H groups in total. The number of amides is 1. The van der Waals surface area contributed by atoms with Gasteiger partial charge in [0.2, 0.25) is 0 Å². The minimum Gasteiger partial charge on any atom is -0.492 e. The Morgan fingerprint density at radius 1 is 1.12 bits per heavy atom. The fourth-order valence-electron chi connectivity index (χ4n) is 3.02. The van der Waals surface area contributed by atoms with Crippen LogP contribution in [0.4, 0.5) is 0 Å². The summed E-state index contributed by atoms with van der Waals surface area (Å²) < 4.78 is 6.64. The highest BCUT2D eigenvalue weighted by Crippen LogP contribution is 2.26. The smallest absolute Gasteiger partial charge is 0.251 e. The molecule has 4 heteroatoms. The van der Waals surface area contributed by atoms with Crippen LogP contribution in [-0.4, -0.2) is 18.6 Å². The van der Waals surface area contributed by atoms with Crippen LogP contribution in [0.1, 0.15) is 41.6 Å². The average molecular weight is 388 g/mol. The fourth-order valence-corrected chi connectivity index (χ4v) is 3.51. The van der Waals surface area contributed by atoms with Gasteiger partial charge in [-0.05, 0) is 52.5 Å². The molecule has 0 atom stereocenters. The van der Waals surface area contributed by atoms with Gasteiger partial charge in [0.25, 0.3) is 5.91 Å². The fraction of sp³-hybridized carbons (Fsp3) is 0.350. The zero-order valence-corrected chi connectivity index (χ0v) is 15.2. The second kappa shape index (κ2) is 8.34. The molecule has 0 aliphatic heterocycles. The first-order valence-corrected chi connectivity index (χ1v) is 9.29. The van der Waals surface area contributed by atoms with Crippen molar-refractivity contribution < 1.29 is 9.53 Å². The van der Waals surface area contributed by atoms with Crippen LogP contribution in [0.25, 0.3) is 0 Å². The number of hydrogen-bond donors (Lipinski definition) is 1. The number of ether oxygens (including phenoxy) is 1. The molecule has 0 heterocycles. The minimum atomic E-state index is -0.00145. The first-order chi connectivity index (χ1) is 11.7. The van der Waals surface area contributed by atoms with Gasteiger partial charge in [-0.15, -0.1) is 0 Å². The second-order valence-electron chi connectivity index (χ2n) is 6.18. The zero-order chi connectivity index (χ0) is 16.8. The van der Waals surface area contributed by atoms with Crippen LogP contribution < -0.4 is 10.1 Å². The maximum atomic E-state index is 12.3. The zero-order valence-electron chi connectivity index (χ0n) is 13.6. The van der Waals surface area contributed by atoms with E-state index in [9.17, 15) is 4.79 Å². The number of rotatable bonds is 6. The molecule has 0 unspecified atom stereocenters. The average Bonchev–Trinajstić information content (AvgIpc) is 3.10. The van der Waals surface area contributed by atoms with Crippen LogP contribution in [0, 0.1) is 0 Å². The van der Waals surface area contributed by atoms with E-state index in [0.29, 0.717) is 18.2 Å². The summed E-state index contributed by atoms with van der Waals surface area (Å²) in [6, 6.07) is 16.1. The molecule has 0 spiro atoms. The number of halogens is 1. The third-order valence-electron chi connectivity index (χ3n) is 4.38. The Labute approximate surface area is 151 Å². The Bertz CT molecular complexity index is 681. The van der Waals surface area contributed by atoms with Gasteiger partial charge in [-0.1, -0.05) is 43.2 Å². The SMILES string of the molecule is O=C(NC1CCCC1)c1ccc(OCCc2ccccc2)c(Br)c1. The van der Waals surface area contributed by atoms with Crippen LogP contribution in [0.15, 0.2) is 53.0 Å². The Balaban J connectivity index is 1.54. The molecule has 24 heavy (non-hydrogen) atoms. The van der Waals surface area contributed by atoms with Crippen molar-refractivity contribution >= 4 is 21.8 Å². The van der Waals surface area contributed by atoms with E-state index in [1.807, 2.05) is 36.4 Å². The van der Waals surface area contributed by atoms with E-state index in [2.05, 4.69) is 33.4 Å². The second-order valence-corrected chi connectivity index (χ2v) is 7.04. The van der Waals surface area contributed by atoms with E-state index in [1.54, 1.807) is 0 Å². The van der Waals surface area contributed by atoms with Crippen molar-refractivity contribution in [3.63, 3.8) is 0 Å². The van der Waals surface area contributed by atoms with Gasteiger partial charge in [-0.3, -0.25) is 4.79 Å². The minimum absolute atomic E-state index is 0.00145. The number of nitrogens with one attached hydrogen (secondary N) is 1. The molecule has 1 aliphatic carbocycles. The summed E-state index contributed by atoms with van der Waals surface area (Å²) in [6.07, 6.45) is 5.46. The largest absolute Gasteiger partial charge is 0.492 e. The topological polar surface area (TPSA) is 38.3 Å². The lowest BCUT2D eigenvalue weighted by Crippen LogP contribution is -2.32. The number of hydrogen-bond acceptors (Lipinski definition) is 2. The molecule has 2 aromatic rings. The van der Waals surface area contributed by atoms with E-state index in [1.165, 1.54) is 18.4 Å². The van der Waals surface area contributed by atoms with Gasteiger partial charge in [0, 0.05) is 18.0 Å². The van der Waals surface area contributed by atoms with Crippen LogP contribution >= 0.6 is 15.9 Å². The predicted molar refractivity (Wildman–Crippen MR) is 99.5 cm³/mol. The first-order valence-electron chi connectivity index (χ1n) is 8.49. The molecule has 2 aromatic carbocycles. The van der Waals surface area contributed by atoms with E-state index in [0.717, 1.165) is 29.5 Å². The standard InChI is InChI=1S/C20H22BrNO2/c21-18-14-16(20(23)22-17-8-4-5-9-17)10-11-19(18)24-13-12-15-6-2-1-3-7-15/h1-3,6-7,10-11,14,17H,4-5,8-9,12-13H2,(H,22,23). The normalized spacial score (nSPS) is 14.5. The maximum absolute atomic E-state index is 12.3. The van der Waals surface area contributed by atoms with Crippen molar-refractivity contribution in [2.45, 2.75) is 38.1 Å². The van der Waals surface area contributed by atoms with Gasteiger partial charge in [0.05, 0.1) is 11.1 Å². The Hall–Kier alpha value is -1.81. The van der Waals surface area contributed by atoms with E-state index >= 15 is 0 Å². The van der Waals surface area contributed by atoms with Crippen LogP contribution in [0.2, 0.25) is 0 Å². The molecule has 1 saturated carbocycles. The molecule has 126 valence electrons. The first kappa shape index (κ1) is 17.0. The Kier molecular flexibility index (Phi) is 5.91. The molecule has 1 aliphatic rings. The molecule has 1 fully saturated rings. The molecule has 0 radical (unpaired) electrons. The van der Waals surface area contributed by atoms with Gasteiger partial charge < -0.3 is 10.1 Å². The third kappa shape index (κ3) is 4.60. The van der Waals surface area contributed by atoms with Crippen molar-refractivity contribution in [3.05, 3.63) is 64.1 Å². The molecule has 0 saturated heterocycles. The van der Waals surface area contributed by atoms with Crippen molar-refractivity contribution in [2.24, 2.45) is 0 Å². The molecule has 3 nitrogen and oxygen atoms in total. The van der Waals surface area contributed by atoms with E-state index in [-0.39, 0.29) is 5.91 Å². The van der Waals surface area contributed by atoms with E-state index in [4.69, 9.17) is 4.74 Å². The molecular weight excluding hydrogens is 366 g/mol. The summed E-state index contributed by atoms with van der Waals surface area (Å²) in [4.78, 5) is 12.3. The van der Waals surface area contributed by atoms with Crippen LogP contribution in [-0.2, 0) is 6.42 Å². The van der Waals surface area contributed by atoms with Crippen LogP contribution in [0.5, 0.6) is 5.75 Å². The van der Waals surface area contributed by atoms with Gasteiger partial charge in [0.15, 0.2) is 0 Å². The Morgan fingerprint density at radius 3 is 2.58 bits per heavy atom. The maximum Gasteiger partial charge on any atom is 0.251 e. The quantitative estimate of drug-likeness (QED) is 0.776. The summed E-state index contributed by atoms with van der Waals surface area (Å²) >= 11 is 3.51. The van der Waals surface area contributed by atoms with Gasteiger partial charge in [-0.2, -0.15) is 0 Å². The van der Waals surface area contributed by atoms with Crippen molar-refractivity contribution in [2.75, 3.05) is 6.61 Å². The molecule has 3 rings (SSSR count). The van der Waals surface area contributed by atoms with Crippen molar-refractivity contribution in [3.8, 4) is 5.75 Å². The summed E-state index contributed by atoms with van der Waals surface area (Å²) in [7, 11) is 0. The molecule has 0 aromatic heterocycles. The van der Waals surface area contributed by atoms with Crippen LogP contribution in [0.3, 0.4) is 0 Å². The monoisotopic (exact) mass is 387 g/mol. The number of carbonyl (C=O) groups is 1. The van der Waals surface area contributed by atoms with Gasteiger partial charge in [-0.25, -0.2) is 0 Å². The summed E-state index contributed by atoms with van der Waals surface area (Å²) in [5.74, 6) is 0.766. The molecule has 0 bridgehead atoms. The van der Waals surface area contributed by atoms with Crippen molar-refractivity contribution in [1.82, 2.24) is 5.32 Å². The van der Waals surface area contributed by atoms with Crippen molar-refractivity contribution in [1.29, 1.82) is 0 Å². The summed E-state index contributed by atoms with van der Waals surface area (Å²) in [5, 5.41) is 3.11. The lowest BCUT2D eigenvalue weighted by Gasteiger charge is -2.13. The highest BCUT2D eigenvalue weighted by molar-refractivity contribution is 9.10. The summed E-state index contributed by atoms with van der Waals surface area (Å²) in [6.45, 7) is 0.607. The predicted octanol–water partition coefficient (Wildman–Crippen LogP) is 4.74. The summed E-state index contributed by atoms with van der Waals surface area (Å²) in [5.41, 5.74) is 1.92. The van der Waals surface area contributed by atoms with E-state index < -0.39 is 0 Å². The van der Waals surface area contributed by atoms with Gasteiger partial charge in [0.1, 0.15) is 5.75 Å². The van der Waals surface area contributed by atoms with Gasteiger partial charge >= 0.3 is 0 Å². The lowest BCUT2D eigenvalue weighted by atomic mass is 10.1. The Morgan fingerprint density at radius 2 is 1.88 bits per heavy atom. The number of benzene rings is 2. The molecule has 1 amide bonds. The lowest BCUT2D eigenvalue weighted by molar-refractivity contribution is 0.0938. The highest BCUT2D eigenvalue weighted by atomic mass is 79.9. The third-order valence-corrected chi connectivity index (χ3v) is 5.00. The molecular formula is C20H22BrNO2. The number of carbonyl (C=O) groups excluding carboxylic acids is 1. The highest BCUT2D eigenvalue weighted by Gasteiger charge is 2.18.